The van der Waals surface area contributed by atoms with Crippen molar-refractivity contribution in [1.82, 2.24) is 5.32 Å². The smallest absolute Gasteiger partial charge is 0.0412 e. The lowest BCUT2D eigenvalue weighted by atomic mass is 9.96. The molecule has 1 saturated carbocycles. The largest absolute Gasteiger partial charge is 0.365 e. The maximum Gasteiger partial charge on any atom is 0.0412 e. The summed E-state index contributed by atoms with van der Waals surface area (Å²) in [5.74, 6) is 1.53. The van der Waals surface area contributed by atoms with Gasteiger partial charge in [-0.25, -0.2) is 0 Å². The first-order valence-corrected chi connectivity index (χ1v) is 8.29. The van der Waals surface area contributed by atoms with E-state index in [0.717, 1.165) is 12.5 Å². The Hall–Kier alpha value is -1.02. The minimum atomic E-state index is 0.595. The molecule has 110 valence electrons. The number of anilines is 1. The lowest BCUT2D eigenvalue weighted by Gasteiger charge is -2.43. The zero-order chi connectivity index (χ0) is 14.1. The average Bonchev–Trinajstić information content (AvgIpc) is 3.31. The monoisotopic (exact) mass is 272 g/mol. The third kappa shape index (κ3) is 2.71. The number of para-hydroxylation sites is 1. The number of benzene rings is 1. The van der Waals surface area contributed by atoms with Crippen molar-refractivity contribution in [2.45, 2.75) is 58.0 Å². The molecular weight excluding hydrogens is 244 g/mol. The third-order valence-electron chi connectivity index (χ3n) is 4.98. The molecule has 3 rings (SSSR count). The molecule has 0 spiro atoms. The Kier molecular flexibility index (Phi) is 4.02. The summed E-state index contributed by atoms with van der Waals surface area (Å²) in [6.45, 7) is 9.26. The Morgan fingerprint density at radius 3 is 2.65 bits per heavy atom. The molecule has 1 heterocycles. The van der Waals surface area contributed by atoms with Gasteiger partial charge in [-0.15, -0.1) is 0 Å². The van der Waals surface area contributed by atoms with E-state index in [1.54, 1.807) is 0 Å². The highest BCUT2D eigenvalue weighted by Crippen LogP contribution is 2.37. The van der Waals surface area contributed by atoms with Crippen LogP contribution in [0.3, 0.4) is 0 Å². The van der Waals surface area contributed by atoms with Crippen molar-refractivity contribution in [2.75, 3.05) is 18.0 Å². The molecule has 1 aliphatic heterocycles. The van der Waals surface area contributed by atoms with Gasteiger partial charge in [-0.1, -0.05) is 39.0 Å². The third-order valence-corrected chi connectivity index (χ3v) is 4.98. The molecule has 0 bridgehead atoms. The first-order valence-electron chi connectivity index (χ1n) is 8.29. The Labute approximate surface area is 123 Å². The van der Waals surface area contributed by atoms with E-state index in [1.807, 2.05) is 0 Å². The van der Waals surface area contributed by atoms with Crippen molar-refractivity contribution < 1.29 is 0 Å². The lowest BCUT2D eigenvalue weighted by Crippen LogP contribution is -2.57. The fourth-order valence-electron chi connectivity index (χ4n) is 3.53. The van der Waals surface area contributed by atoms with Crippen LogP contribution in [0.2, 0.25) is 0 Å². The van der Waals surface area contributed by atoms with Crippen LogP contribution in [0.5, 0.6) is 0 Å². The van der Waals surface area contributed by atoms with Gasteiger partial charge < -0.3 is 10.2 Å². The van der Waals surface area contributed by atoms with Crippen LogP contribution >= 0.6 is 0 Å². The molecule has 2 nitrogen and oxygen atoms in total. The predicted octanol–water partition coefficient (Wildman–Crippen LogP) is 3.78. The predicted molar refractivity (Wildman–Crippen MR) is 86.5 cm³/mol. The van der Waals surface area contributed by atoms with E-state index < -0.39 is 0 Å². The van der Waals surface area contributed by atoms with Crippen LogP contribution < -0.4 is 10.2 Å². The second-order valence-corrected chi connectivity index (χ2v) is 6.78. The Bertz CT molecular complexity index is 450. The maximum absolute atomic E-state index is 3.79. The highest BCUT2D eigenvalue weighted by Gasteiger charge is 2.37. The quantitative estimate of drug-likeness (QED) is 0.897. The molecule has 0 aromatic heterocycles. The van der Waals surface area contributed by atoms with E-state index in [0.29, 0.717) is 18.0 Å². The van der Waals surface area contributed by atoms with E-state index in [2.05, 4.69) is 55.3 Å². The Morgan fingerprint density at radius 2 is 2.00 bits per heavy atom. The summed E-state index contributed by atoms with van der Waals surface area (Å²) in [7, 11) is 0. The van der Waals surface area contributed by atoms with Gasteiger partial charge in [-0.2, -0.15) is 0 Å². The lowest BCUT2D eigenvalue weighted by molar-refractivity contribution is 0.359. The minimum Gasteiger partial charge on any atom is -0.365 e. The highest BCUT2D eigenvalue weighted by atomic mass is 15.2. The van der Waals surface area contributed by atoms with Crippen LogP contribution in [-0.2, 0) is 0 Å². The van der Waals surface area contributed by atoms with Crippen molar-refractivity contribution in [2.24, 2.45) is 5.92 Å². The van der Waals surface area contributed by atoms with Gasteiger partial charge in [0.25, 0.3) is 0 Å². The normalized spacial score (nSPS) is 27.1. The average molecular weight is 272 g/mol. The first kappa shape index (κ1) is 13.9. The zero-order valence-electron chi connectivity index (χ0n) is 13.1. The molecule has 1 aromatic rings. The van der Waals surface area contributed by atoms with Crippen LogP contribution in [0, 0.1) is 5.92 Å². The fourth-order valence-corrected chi connectivity index (χ4v) is 3.53. The summed E-state index contributed by atoms with van der Waals surface area (Å²) in [5.41, 5.74) is 2.98. The van der Waals surface area contributed by atoms with E-state index in [1.165, 1.54) is 37.1 Å². The van der Waals surface area contributed by atoms with Crippen molar-refractivity contribution in [3.05, 3.63) is 29.8 Å². The number of nitrogens with one attached hydrogen (secondary N) is 1. The van der Waals surface area contributed by atoms with E-state index in [4.69, 9.17) is 0 Å². The van der Waals surface area contributed by atoms with Crippen molar-refractivity contribution >= 4 is 5.69 Å². The second kappa shape index (κ2) is 5.77. The van der Waals surface area contributed by atoms with Crippen molar-refractivity contribution in [3.63, 3.8) is 0 Å². The summed E-state index contributed by atoms with van der Waals surface area (Å²) in [4.78, 5) is 2.69. The summed E-state index contributed by atoms with van der Waals surface area (Å²) in [6, 6.07) is 10.4. The van der Waals surface area contributed by atoms with E-state index in [9.17, 15) is 0 Å². The highest BCUT2D eigenvalue weighted by molar-refractivity contribution is 5.56. The molecule has 2 atom stereocenters. The maximum atomic E-state index is 3.79. The molecule has 0 radical (unpaired) electrons. The minimum absolute atomic E-state index is 0.595. The van der Waals surface area contributed by atoms with Crippen LogP contribution in [0.4, 0.5) is 5.69 Å². The number of rotatable bonds is 4. The second-order valence-electron chi connectivity index (χ2n) is 6.78. The summed E-state index contributed by atoms with van der Waals surface area (Å²) in [6.07, 6.45) is 4.07. The topological polar surface area (TPSA) is 15.3 Å². The number of hydrogen-bond donors (Lipinski definition) is 1. The van der Waals surface area contributed by atoms with Gasteiger partial charge in [0.1, 0.15) is 0 Å². The van der Waals surface area contributed by atoms with Gasteiger partial charge in [0.2, 0.25) is 0 Å². The van der Waals surface area contributed by atoms with Gasteiger partial charge >= 0.3 is 0 Å². The molecule has 20 heavy (non-hydrogen) atoms. The molecule has 1 aliphatic carbocycles. The van der Waals surface area contributed by atoms with Gasteiger partial charge in [0.05, 0.1) is 0 Å². The molecule has 2 fully saturated rings. The molecule has 2 aliphatic rings. The van der Waals surface area contributed by atoms with E-state index >= 15 is 0 Å². The molecular formula is C18H28N2. The van der Waals surface area contributed by atoms with E-state index in [-0.39, 0.29) is 0 Å². The molecule has 2 unspecified atom stereocenters. The number of nitrogens with zero attached hydrogens (tertiary/aromatic N) is 1. The Morgan fingerprint density at radius 1 is 1.25 bits per heavy atom. The van der Waals surface area contributed by atoms with Crippen molar-refractivity contribution in [3.8, 4) is 0 Å². The number of hydrogen-bond acceptors (Lipinski definition) is 2. The molecule has 1 aromatic carbocycles. The number of piperazine rings is 1. The fraction of sp³-hybridized carbons (Fsp3) is 0.667. The van der Waals surface area contributed by atoms with Crippen LogP contribution in [0.25, 0.3) is 0 Å². The summed E-state index contributed by atoms with van der Waals surface area (Å²) >= 11 is 0. The van der Waals surface area contributed by atoms with Crippen molar-refractivity contribution in [1.29, 1.82) is 0 Å². The summed E-state index contributed by atoms with van der Waals surface area (Å²) < 4.78 is 0. The SMILES string of the molecule is CCC1CNC(C2CC2)CN1c1ccccc1C(C)C. The van der Waals surface area contributed by atoms with Crippen LogP contribution in [0.15, 0.2) is 24.3 Å². The molecule has 0 amide bonds. The summed E-state index contributed by atoms with van der Waals surface area (Å²) in [5, 5.41) is 3.79. The first-order chi connectivity index (χ1) is 9.70. The molecule has 2 heteroatoms. The standard InChI is InChI=1S/C18H28N2/c1-4-15-11-19-17(14-9-10-14)12-20(15)18-8-6-5-7-16(18)13(2)3/h5-8,13-15,17,19H,4,9-12H2,1-3H3. The van der Waals surface area contributed by atoms with Gasteiger partial charge in [-0.05, 0) is 42.7 Å². The van der Waals surface area contributed by atoms with Crippen LogP contribution in [0.1, 0.15) is 51.5 Å². The Balaban J connectivity index is 1.88. The van der Waals surface area contributed by atoms with Gasteiger partial charge in [-0.3, -0.25) is 0 Å². The molecule has 1 N–H and O–H groups in total. The zero-order valence-corrected chi connectivity index (χ0v) is 13.1. The molecule has 1 saturated heterocycles. The van der Waals surface area contributed by atoms with Gasteiger partial charge in [0.15, 0.2) is 0 Å². The van der Waals surface area contributed by atoms with Gasteiger partial charge in [0, 0.05) is 30.9 Å². The van der Waals surface area contributed by atoms with Crippen LogP contribution in [-0.4, -0.2) is 25.2 Å².